The standard InChI is InChI=1S/C12H13ClFNO2/c13-10-4-2-1-3-9(10)12(14)5-7-15(8-6-12)11(16)17/h1-4H,5-8H2,(H,16,17). The van der Waals surface area contributed by atoms with Gasteiger partial charge in [-0.25, -0.2) is 9.18 Å². The highest BCUT2D eigenvalue weighted by atomic mass is 35.5. The van der Waals surface area contributed by atoms with Gasteiger partial charge in [-0.2, -0.15) is 0 Å². The summed E-state index contributed by atoms with van der Waals surface area (Å²) in [6, 6.07) is 6.81. The predicted octanol–water partition coefficient (Wildman–Crippen LogP) is 3.28. The zero-order valence-electron chi connectivity index (χ0n) is 9.20. The topological polar surface area (TPSA) is 40.5 Å². The van der Waals surface area contributed by atoms with Crippen LogP contribution in [0.2, 0.25) is 5.02 Å². The third kappa shape index (κ3) is 2.36. The Morgan fingerprint density at radius 2 is 1.94 bits per heavy atom. The Morgan fingerprint density at radius 1 is 1.35 bits per heavy atom. The van der Waals surface area contributed by atoms with Crippen LogP contribution in [-0.4, -0.2) is 29.2 Å². The zero-order chi connectivity index (χ0) is 12.5. The van der Waals surface area contributed by atoms with Crippen LogP contribution >= 0.6 is 11.6 Å². The van der Waals surface area contributed by atoms with Crippen molar-refractivity contribution in [2.24, 2.45) is 0 Å². The summed E-state index contributed by atoms with van der Waals surface area (Å²) >= 11 is 5.98. The van der Waals surface area contributed by atoms with Gasteiger partial charge in [0.25, 0.3) is 0 Å². The van der Waals surface area contributed by atoms with Gasteiger partial charge in [0.2, 0.25) is 0 Å². The Labute approximate surface area is 104 Å². The first kappa shape index (κ1) is 12.2. The summed E-state index contributed by atoms with van der Waals surface area (Å²) in [4.78, 5) is 12.0. The highest BCUT2D eigenvalue weighted by Crippen LogP contribution is 2.40. The Kier molecular flexibility index (Phi) is 3.24. The molecule has 0 bridgehead atoms. The number of rotatable bonds is 1. The molecular formula is C12H13ClFNO2. The van der Waals surface area contributed by atoms with Crippen LogP contribution in [0.15, 0.2) is 24.3 Å². The van der Waals surface area contributed by atoms with Crippen LogP contribution in [-0.2, 0) is 5.67 Å². The molecule has 0 unspecified atom stereocenters. The molecule has 1 aliphatic rings. The minimum atomic E-state index is -1.51. The van der Waals surface area contributed by atoms with E-state index in [1.54, 1.807) is 24.3 Å². The number of carboxylic acid groups (broad SMARTS) is 1. The molecule has 1 aromatic rings. The van der Waals surface area contributed by atoms with Gasteiger partial charge >= 0.3 is 6.09 Å². The second-order valence-electron chi connectivity index (χ2n) is 4.21. The number of carbonyl (C=O) groups is 1. The maximum absolute atomic E-state index is 14.7. The summed E-state index contributed by atoms with van der Waals surface area (Å²) in [5.74, 6) is 0. The molecule has 1 heterocycles. The van der Waals surface area contributed by atoms with Crippen molar-refractivity contribution in [1.82, 2.24) is 4.90 Å². The number of hydrogen-bond acceptors (Lipinski definition) is 1. The van der Waals surface area contributed by atoms with E-state index in [0.717, 1.165) is 0 Å². The maximum Gasteiger partial charge on any atom is 0.407 e. The van der Waals surface area contributed by atoms with Crippen LogP contribution in [0.4, 0.5) is 9.18 Å². The summed E-state index contributed by atoms with van der Waals surface area (Å²) in [5.41, 5.74) is -1.05. The summed E-state index contributed by atoms with van der Waals surface area (Å²) in [6.07, 6.45) is -0.683. The van der Waals surface area contributed by atoms with Gasteiger partial charge in [-0.1, -0.05) is 29.8 Å². The SMILES string of the molecule is O=C(O)N1CCC(F)(c2ccccc2Cl)CC1. The van der Waals surface area contributed by atoms with E-state index in [1.807, 2.05) is 0 Å². The molecule has 1 aromatic carbocycles. The lowest BCUT2D eigenvalue weighted by Gasteiger charge is -2.35. The van der Waals surface area contributed by atoms with Crippen molar-refractivity contribution in [1.29, 1.82) is 0 Å². The van der Waals surface area contributed by atoms with Crippen LogP contribution in [0.3, 0.4) is 0 Å². The van der Waals surface area contributed by atoms with Crippen molar-refractivity contribution in [2.45, 2.75) is 18.5 Å². The molecule has 0 aliphatic carbocycles. The minimum Gasteiger partial charge on any atom is -0.465 e. The first-order valence-corrected chi connectivity index (χ1v) is 5.82. The summed E-state index contributed by atoms with van der Waals surface area (Å²) in [6.45, 7) is 0.411. The van der Waals surface area contributed by atoms with Crippen molar-refractivity contribution in [3.8, 4) is 0 Å². The smallest absolute Gasteiger partial charge is 0.407 e. The Bertz CT molecular complexity index is 430. The lowest BCUT2D eigenvalue weighted by Crippen LogP contribution is -2.42. The third-order valence-corrected chi connectivity index (χ3v) is 3.51. The van der Waals surface area contributed by atoms with Crippen molar-refractivity contribution >= 4 is 17.7 Å². The average Bonchev–Trinajstić information content (AvgIpc) is 2.30. The zero-order valence-corrected chi connectivity index (χ0v) is 9.95. The van der Waals surface area contributed by atoms with Crippen molar-refractivity contribution in [2.75, 3.05) is 13.1 Å². The van der Waals surface area contributed by atoms with Crippen LogP contribution in [0, 0.1) is 0 Å². The normalized spacial score (nSPS) is 19.1. The van der Waals surface area contributed by atoms with Crippen molar-refractivity contribution in [3.05, 3.63) is 34.9 Å². The van der Waals surface area contributed by atoms with Crippen LogP contribution in [0.1, 0.15) is 18.4 Å². The van der Waals surface area contributed by atoms with E-state index >= 15 is 0 Å². The molecule has 3 nitrogen and oxygen atoms in total. The second-order valence-corrected chi connectivity index (χ2v) is 4.62. The number of nitrogens with zero attached hydrogens (tertiary/aromatic N) is 1. The molecule has 17 heavy (non-hydrogen) atoms. The largest absolute Gasteiger partial charge is 0.465 e. The van der Waals surface area contributed by atoms with E-state index in [2.05, 4.69) is 0 Å². The molecule has 1 N–H and O–H groups in total. The van der Waals surface area contributed by atoms with Crippen LogP contribution < -0.4 is 0 Å². The molecule has 0 atom stereocenters. The van der Waals surface area contributed by atoms with Gasteiger partial charge in [0, 0.05) is 36.5 Å². The first-order valence-electron chi connectivity index (χ1n) is 5.45. The number of hydrogen-bond donors (Lipinski definition) is 1. The van der Waals surface area contributed by atoms with Gasteiger partial charge < -0.3 is 10.0 Å². The molecule has 0 aromatic heterocycles. The molecule has 2 rings (SSSR count). The molecule has 1 saturated heterocycles. The average molecular weight is 258 g/mol. The summed E-state index contributed by atoms with van der Waals surface area (Å²) in [5, 5.41) is 9.21. The fraction of sp³-hybridized carbons (Fsp3) is 0.417. The molecular weight excluding hydrogens is 245 g/mol. The Morgan fingerprint density at radius 3 is 2.47 bits per heavy atom. The molecule has 0 saturated carbocycles. The van der Waals surface area contributed by atoms with E-state index in [9.17, 15) is 9.18 Å². The highest BCUT2D eigenvalue weighted by Gasteiger charge is 2.38. The van der Waals surface area contributed by atoms with Gasteiger partial charge in [-0.3, -0.25) is 0 Å². The number of alkyl halides is 1. The number of piperidine rings is 1. The number of amides is 1. The van der Waals surface area contributed by atoms with Gasteiger partial charge in [-0.05, 0) is 6.07 Å². The molecule has 1 fully saturated rings. The quantitative estimate of drug-likeness (QED) is 0.839. The van der Waals surface area contributed by atoms with E-state index in [4.69, 9.17) is 16.7 Å². The van der Waals surface area contributed by atoms with Crippen LogP contribution in [0.5, 0.6) is 0 Å². The molecule has 1 amide bonds. The maximum atomic E-state index is 14.7. The van der Waals surface area contributed by atoms with E-state index in [-0.39, 0.29) is 25.9 Å². The molecule has 1 aliphatic heterocycles. The molecule has 92 valence electrons. The highest BCUT2D eigenvalue weighted by molar-refractivity contribution is 6.31. The number of benzene rings is 1. The van der Waals surface area contributed by atoms with E-state index < -0.39 is 11.8 Å². The minimum absolute atomic E-state index is 0.156. The van der Waals surface area contributed by atoms with E-state index in [1.165, 1.54) is 4.90 Å². The second kappa shape index (κ2) is 4.53. The van der Waals surface area contributed by atoms with E-state index in [0.29, 0.717) is 10.6 Å². The van der Waals surface area contributed by atoms with Crippen molar-refractivity contribution in [3.63, 3.8) is 0 Å². The van der Waals surface area contributed by atoms with Crippen molar-refractivity contribution < 1.29 is 14.3 Å². The van der Waals surface area contributed by atoms with Gasteiger partial charge in [0.05, 0.1) is 0 Å². The molecule has 0 spiro atoms. The lowest BCUT2D eigenvalue weighted by atomic mass is 9.86. The van der Waals surface area contributed by atoms with Gasteiger partial charge in [0.15, 0.2) is 0 Å². The predicted molar refractivity (Wildman–Crippen MR) is 63.1 cm³/mol. The number of halogens is 2. The molecule has 0 radical (unpaired) electrons. The first-order chi connectivity index (χ1) is 8.03. The van der Waals surface area contributed by atoms with Gasteiger partial charge in [0.1, 0.15) is 5.67 Å². The monoisotopic (exact) mass is 257 g/mol. The Balaban J connectivity index is 2.18. The fourth-order valence-corrected chi connectivity index (χ4v) is 2.45. The molecule has 5 heteroatoms. The van der Waals surface area contributed by atoms with Crippen LogP contribution in [0.25, 0.3) is 0 Å². The summed E-state index contributed by atoms with van der Waals surface area (Å²) in [7, 11) is 0. The third-order valence-electron chi connectivity index (χ3n) is 3.18. The lowest BCUT2D eigenvalue weighted by molar-refractivity contribution is 0.0552. The summed E-state index contributed by atoms with van der Waals surface area (Å²) < 4.78 is 14.7. The Hall–Kier alpha value is -1.29. The van der Waals surface area contributed by atoms with Gasteiger partial charge in [-0.15, -0.1) is 0 Å². The fourth-order valence-electron chi connectivity index (χ4n) is 2.15. The number of likely N-dealkylation sites (tertiary alicyclic amines) is 1.